The van der Waals surface area contributed by atoms with Crippen LogP contribution in [0.2, 0.25) is 0 Å². The highest BCUT2D eigenvalue weighted by atomic mass is 19.1. The van der Waals surface area contributed by atoms with Crippen LogP contribution in [0.1, 0.15) is 36.7 Å². The van der Waals surface area contributed by atoms with Gasteiger partial charge in [-0.15, -0.1) is 0 Å². The number of amides is 1. The van der Waals surface area contributed by atoms with E-state index in [2.05, 4.69) is 10.3 Å². The average Bonchev–Trinajstić information content (AvgIpc) is 2.89. The minimum absolute atomic E-state index is 0.0442. The van der Waals surface area contributed by atoms with Gasteiger partial charge in [0, 0.05) is 18.3 Å². The number of benzene rings is 3. The number of hydrogen-bond donors (Lipinski definition) is 2. The Bertz CT molecular complexity index is 1400. The highest BCUT2D eigenvalue weighted by molar-refractivity contribution is 5.96. The van der Waals surface area contributed by atoms with E-state index in [0.29, 0.717) is 22.6 Å². The highest BCUT2D eigenvalue weighted by Gasteiger charge is 2.24. The topological polar surface area (TPSA) is 80.7 Å². The van der Waals surface area contributed by atoms with E-state index in [1.807, 2.05) is 12.1 Å². The molecule has 3 aromatic carbocycles. The van der Waals surface area contributed by atoms with Gasteiger partial charge in [-0.2, -0.15) is 0 Å². The normalized spacial score (nSPS) is 12.1. The lowest BCUT2D eigenvalue weighted by molar-refractivity contribution is -0.0241. The molecule has 38 heavy (non-hydrogen) atoms. The molecular weight excluding hydrogens is 490 g/mol. The molecule has 6 nitrogen and oxygen atoms in total. The second-order valence-corrected chi connectivity index (χ2v) is 9.34. The van der Waals surface area contributed by atoms with Gasteiger partial charge in [0.1, 0.15) is 34.8 Å². The maximum Gasteiger partial charge on any atom is 0.257 e. The van der Waals surface area contributed by atoms with Crippen molar-refractivity contribution in [3.8, 4) is 28.5 Å². The van der Waals surface area contributed by atoms with Gasteiger partial charge in [0.2, 0.25) is 5.88 Å². The first-order chi connectivity index (χ1) is 18.1. The molecule has 0 aliphatic heterocycles. The second-order valence-electron chi connectivity index (χ2n) is 9.34. The zero-order valence-corrected chi connectivity index (χ0v) is 21.2. The van der Waals surface area contributed by atoms with Gasteiger partial charge in [0.15, 0.2) is 0 Å². The lowest BCUT2D eigenvalue weighted by atomic mass is 10.0. The number of aromatic nitrogens is 1. The van der Waals surface area contributed by atoms with E-state index in [1.165, 1.54) is 42.6 Å². The van der Waals surface area contributed by atoms with Gasteiger partial charge in [0.05, 0.1) is 5.60 Å². The molecular formula is C30H28F2N2O4. The molecule has 1 unspecified atom stereocenters. The van der Waals surface area contributed by atoms with Gasteiger partial charge >= 0.3 is 0 Å². The van der Waals surface area contributed by atoms with Crippen LogP contribution >= 0.6 is 0 Å². The molecule has 4 rings (SSSR count). The van der Waals surface area contributed by atoms with Gasteiger partial charge in [-0.3, -0.25) is 4.79 Å². The van der Waals surface area contributed by atoms with Crippen LogP contribution in [0, 0.1) is 11.6 Å². The molecule has 1 aromatic heterocycles. The smallest absolute Gasteiger partial charge is 0.257 e. The molecule has 8 heteroatoms. The third-order valence-corrected chi connectivity index (χ3v) is 6.03. The first-order valence-electron chi connectivity index (χ1n) is 12.0. The minimum atomic E-state index is -0.985. The fourth-order valence-electron chi connectivity index (χ4n) is 3.47. The van der Waals surface area contributed by atoms with Crippen LogP contribution in [0.4, 0.5) is 8.78 Å². The van der Waals surface area contributed by atoms with Crippen molar-refractivity contribution in [2.45, 2.75) is 39.0 Å². The number of ether oxygens (including phenoxy) is 2. The van der Waals surface area contributed by atoms with Gasteiger partial charge < -0.3 is 19.9 Å². The van der Waals surface area contributed by atoms with Gasteiger partial charge in [-0.05, 0) is 86.5 Å². The summed E-state index contributed by atoms with van der Waals surface area (Å²) in [5.74, 6) is -0.389. The summed E-state index contributed by atoms with van der Waals surface area (Å²) in [4.78, 5) is 16.9. The van der Waals surface area contributed by atoms with Crippen molar-refractivity contribution in [2.24, 2.45) is 0 Å². The van der Waals surface area contributed by atoms with Crippen LogP contribution in [-0.2, 0) is 6.54 Å². The van der Waals surface area contributed by atoms with E-state index in [-0.39, 0.29) is 18.0 Å². The number of aliphatic hydroxyl groups is 1. The summed E-state index contributed by atoms with van der Waals surface area (Å²) in [7, 11) is 0. The molecule has 0 spiro atoms. The molecule has 0 saturated heterocycles. The SMILES string of the molecule is CC(Oc1ccc(-c2ccc(CNC(=O)c3cccnc3Oc3ccc(F)cc3)c(F)c2)cc1)C(C)(C)O. The Hall–Kier alpha value is -4.30. The Morgan fingerprint density at radius 2 is 1.63 bits per heavy atom. The Kier molecular flexibility index (Phi) is 8.02. The molecule has 0 radical (unpaired) electrons. The van der Waals surface area contributed by atoms with Crippen LogP contribution in [0.25, 0.3) is 11.1 Å². The number of rotatable bonds is 9. The molecule has 0 saturated carbocycles. The fraction of sp³-hybridized carbons (Fsp3) is 0.200. The van der Waals surface area contributed by atoms with Crippen LogP contribution in [-0.4, -0.2) is 27.7 Å². The molecule has 196 valence electrons. The summed E-state index contributed by atoms with van der Waals surface area (Å²) in [6.45, 7) is 5.10. The summed E-state index contributed by atoms with van der Waals surface area (Å²) >= 11 is 0. The van der Waals surface area contributed by atoms with E-state index in [4.69, 9.17) is 9.47 Å². The van der Waals surface area contributed by atoms with Crippen molar-refractivity contribution < 1.29 is 28.2 Å². The Morgan fingerprint density at radius 3 is 2.29 bits per heavy atom. The van der Waals surface area contributed by atoms with E-state index >= 15 is 0 Å². The number of halogens is 2. The predicted octanol–water partition coefficient (Wildman–Crippen LogP) is 6.29. The van der Waals surface area contributed by atoms with E-state index < -0.39 is 29.2 Å². The summed E-state index contributed by atoms with van der Waals surface area (Å²) in [6.07, 6.45) is 1.07. The van der Waals surface area contributed by atoms with E-state index in [0.717, 1.165) is 5.56 Å². The number of nitrogens with one attached hydrogen (secondary N) is 1. The first-order valence-corrected chi connectivity index (χ1v) is 12.0. The number of carbonyl (C=O) groups excluding carboxylic acids is 1. The number of pyridine rings is 1. The standard InChI is InChI=1S/C30H28F2N2O4/c1-19(30(2,3)36)37-24-12-8-20(9-13-24)21-6-7-22(27(32)17-21)18-34-28(35)26-5-4-16-33-29(26)38-25-14-10-23(31)11-15-25/h4-17,19,36H,18H2,1-3H3,(H,34,35). The maximum atomic E-state index is 14.9. The van der Waals surface area contributed by atoms with Gasteiger partial charge in [0.25, 0.3) is 5.91 Å². The van der Waals surface area contributed by atoms with E-state index in [1.54, 1.807) is 51.1 Å². The largest absolute Gasteiger partial charge is 0.488 e. The van der Waals surface area contributed by atoms with Crippen molar-refractivity contribution in [3.05, 3.63) is 108 Å². The molecule has 1 heterocycles. The zero-order valence-electron chi connectivity index (χ0n) is 21.2. The molecule has 1 atom stereocenters. The quantitative estimate of drug-likeness (QED) is 0.272. The molecule has 4 aromatic rings. The van der Waals surface area contributed by atoms with Crippen LogP contribution in [0.3, 0.4) is 0 Å². The maximum absolute atomic E-state index is 14.9. The summed E-state index contributed by atoms with van der Waals surface area (Å²) in [5.41, 5.74) is 0.949. The average molecular weight is 519 g/mol. The zero-order chi connectivity index (χ0) is 27.3. The van der Waals surface area contributed by atoms with Crippen molar-refractivity contribution in [1.82, 2.24) is 10.3 Å². The minimum Gasteiger partial charge on any atom is -0.488 e. The second kappa shape index (κ2) is 11.4. The van der Waals surface area contributed by atoms with E-state index in [9.17, 15) is 18.7 Å². The Labute approximate surface area is 219 Å². The van der Waals surface area contributed by atoms with Crippen molar-refractivity contribution in [2.75, 3.05) is 0 Å². The number of carbonyl (C=O) groups is 1. The molecule has 0 fully saturated rings. The third kappa shape index (κ3) is 6.72. The summed E-state index contributed by atoms with van der Waals surface area (Å²) < 4.78 is 39.5. The molecule has 1 amide bonds. The first kappa shape index (κ1) is 26.8. The Morgan fingerprint density at radius 1 is 0.974 bits per heavy atom. The van der Waals surface area contributed by atoms with Crippen molar-refractivity contribution in [1.29, 1.82) is 0 Å². The lowest BCUT2D eigenvalue weighted by Crippen LogP contribution is -2.37. The summed E-state index contributed by atoms with van der Waals surface area (Å²) in [5, 5.41) is 12.7. The monoisotopic (exact) mass is 518 g/mol. The lowest BCUT2D eigenvalue weighted by Gasteiger charge is -2.26. The molecule has 2 N–H and O–H groups in total. The van der Waals surface area contributed by atoms with Crippen molar-refractivity contribution in [3.63, 3.8) is 0 Å². The van der Waals surface area contributed by atoms with Gasteiger partial charge in [-0.1, -0.05) is 24.3 Å². The van der Waals surface area contributed by atoms with Crippen LogP contribution in [0.5, 0.6) is 17.4 Å². The van der Waals surface area contributed by atoms with Crippen molar-refractivity contribution >= 4 is 5.91 Å². The van der Waals surface area contributed by atoms with Crippen LogP contribution in [0.15, 0.2) is 85.1 Å². The molecule has 0 aliphatic rings. The van der Waals surface area contributed by atoms with Gasteiger partial charge in [-0.25, -0.2) is 13.8 Å². The number of hydrogen-bond acceptors (Lipinski definition) is 5. The highest BCUT2D eigenvalue weighted by Crippen LogP contribution is 2.27. The third-order valence-electron chi connectivity index (χ3n) is 6.03. The summed E-state index contributed by atoms with van der Waals surface area (Å²) in [6, 6.07) is 20.4. The molecule has 0 aliphatic carbocycles. The molecule has 0 bridgehead atoms. The number of nitrogens with zero attached hydrogens (tertiary/aromatic N) is 1. The fourth-order valence-corrected chi connectivity index (χ4v) is 3.47. The predicted molar refractivity (Wildman–Crippen MR) is 140 cm³/mol. The Balaban J connectivity index is 1.41. The van der Waals surface area contributed by atoms with Crippen LogP contribution < -0.4 is 14.8 Å².